The fourth-order valence-electron chi connectivity index (χ4n) is 2.94. The number of aromatic amines is 1. The van der Waals surface area contributed by atoms with Crippen molar-refractivity contribution in [1.82, 2.24) is 23.9 Å². The van der Waals surface area contributed by atoms with Crippen LogP contribution in [0.5, 0.6) is 0 Å². The number of carbonyl (C=O) groups is 1. The highest BCUT2D eigenvalue weighted by atomic mass is 19.4. The lowest BCUT2D eigenvalue weighted by atomic mass is 10.2. The van der Waals surface area contributed by atoms with Gasteiger partial charge in [0.1, 0.15) is 6.33 Å². The lowest BCUT2D eigenvalue weighted by Crippen LogP contribution is -2.13. The molecule has 28 heavy (non-hydrogen) atoms. The minimum atomic E-state index is -4.57. The van der Waals surface area contributed by atoms with Gasteiger partial charge in [-0.15, -0.1) is 0 Å². The average molecular weight is 391 g/mol. The Hall–Kier alpha value is -3.63. The standard InChI is InChI=1S/C17H12F3N5O3/c1-2-28-16(27)12-15(24-6-5-21-8-24)25-11-4-3-9(17(18,19)20)7-10(11)22-14(26)13(25)23-12/h3-8H,2H2,1H3,(H,22,26). The maximum Gasteiger partial charge on any atom is 0.416 e. The van der Waals surface area contributed by atoms with Crippen LogP contribution >= 0.6 is 0 Å². The van der Waals surface area contributed by atoms with Gasteiger partial charge in [0.25, 0.3) is 5.56 Å². The minimum Gasteiger partial charge on any atom is -0.461 e. The Morgan fingerprint density at radius 2 is 2.11 bits per heavy atom. The van der Waals surface area contributed by atoms with E-state index >= 15 is 0 Å². The van der Waals surface area contributed by atoms with E-state index in [2.05, 4.69) is 15.0 Å². The lowest BCUT2D eigenvalue weighted by molar-refractivity contribution is -0.137. The van der Waals surface area contributed by atoms with Gasteiger partial charge in [0, 0.05) is 12.4 Å². The third-order valence-electron chi connectivity index (χ3n) is 4.09. The van der Waals surface area contributed by atoms with Gasteiger partial charge < -0.3 is 9.72 Å². The molecule has 4 rings (SSSR count). The quantitative estimate of drug-likeness (QED) is 0.542. The number of alkyl halides is 3. The highest BCUT2D eigenvalue weighted by molar-refractivity contribution is 5.93. The molecule has 0 amide bonds. The number of hydrogen-bond donors (Lipinski definition) is 1. The molecule has 0 radical (unpaired) electrons. The molecule has 1 N–H and O–H groups in total. The molecule has 3 heterocycles. The molecule has 0 aliphatic rings. The molecule has 4 aromatic rings. The maximum atomic E-state index is 13.0. The number of imidazole rings is 2. The van der Waals surface area contributed by atoms with E-state index < -0.39 is 23.3 Å². The summed E-state index contributed by atoms with van der Waals surface area (Å²) in [6.45, 7) is 1.70. The molecular weight excluding hydrogens is 379 g/mol. The second kappa shape index (κ2) is 6.22. The summed E-state index contributed by atoms with van der Waals surface area (Å²) in [4.78, 5) is 35.2. The molecule has 0 aliphatic heterocycles. The lowest BCUT2D eigenvalue weighted by Gasteiger charge is -2.10. The Balaban J connectivity index is 2.13. The number of halogens is 3. The highest BCUT2D eigenvalue weighted by Gasteiger charge is 2.31. The van der Waals surface area contributed by atoms with E-state index in [4.69, 9.17) is 4.74 Å². The number of benzene rings is 1. The Morgan fingerprint density at radius 3 is 2.75 bits per heavy atom. The third-order valence-corrected chi connectivity index (χ3v) is 4.09. The Kier molecular flexibility index (Phi) is 3.95. The fraction of sp³-hybridized carbons (Fsp3) is 0.176. The average Bonchev–Trinajstić information content (AvgIpc) is 3.28. The van der Waals surface area contributed by atoms with Crippen molar-refractivity contribution in [2.75, 3.05) is 6.61 Å². The van der Waals surface area contributed by atoms with E-state index in [1.54, 1.807) is 6.92 Å². The van der Waals surface area contributed by atoms with Crippen LogP contribution in [0.1, 0.15) is 23.0 Å². The van der Waals surface area contributed by atoms with Crippen LogP contribution in [0.15, 0.2) is 41.7 Å². The Bertz CT molecular complexity index is 1260. The highest BCUT2D eigenvalue weighted by Crippen LogP contribution is 2.31. The first-order valence-corrected chi connectivity index (χ1v) is 8.12. The normalized spacial score (nSPS) is 12.0. The van der Waals surface area contributed by atoms with E-state index in [1.807, 2.05) is 0 Å². The number of hydrogen-bond acceptors (Lipinski definition) is 5. The van der Waals surface area contributed by atoms with Crippen LogP contribution in [0.4, 0.5) is 13.2 Å². The number of esters is 1. The van der Waals surface area contributed by atoms with Crippen molar-refractivity contribution < 1.29 is 22.7 Å². The van der Waals surface area contributed by atoms with Gasteiger partial charge in [0.2, 0.25) is 5.65 Å². The zero-order valence-corrected chi connectivity index (χ0v) is 14.3. The van der Waals surface area contributed by atoms with Crippen LogP contribution in [0.2, 0.25) is 0 Å². The molecule has 0 aliphatic carbocycles. The van der Waals surface area contributed by atoms with E-state index in [1.165, 1.54) is 33.8 Å². The summed E-state index contributed by atoms with van der Waals surface area (Å²) in [6.07, 6.45) is -0.226. The van der Waals surface area contributed by atoms with Crippen molar-refractivity contribution in [3.8, 4) is 5.82 Å². The molecule has 3 aromatic heterocycles. The van der Waals surface area contributed by atoms with Gasteiger partial charge in [0.15, 0.2) is 11.5 Å². The first-order chi connectivity index (χ1) is 13.3. The molecule has 1 aromatic carbocycles. The summed E-state index contributed by atoms with van der Waals surface area (Å²) < 4.78 is 46.9. The predicted molar refractivity (Wildman–Crippen MR) is 91.4 cm³/mol. The molecule has 0 spiro atoms. The van der Waals surface area contributed by atoms with Gasteiger partial charge >= 0.3 is 12.1 Å². The van der Waals surface area contributed by atoms with E-state index in [-0.39, 0.29) is 34.8 Å². The Labute approximate surface area is 154 Å². The second-order valence-electron chi connectivity index (χ2n) is 5.82. The van der Waals surface area contributed by atoms with Gasteiger partial charge in [0.05, 0.1) is 23.2 Å². The SMILES string of the molecule is CCOC(=O)c1nc2c(=O)[nH]c3cc(C(F)(F)F)ccc3n2c1-n1ccnc1. The van der Waals surface area contributed by atoms with Crippen LogP contribution in [0.3, 0.4) is 0 Å². The van der Waals surface area contributed by atoms with E-state index in [0.717, 1.165) is 12.1 Å². The monoisotopic (exact) mass is 391 g/mol. The number of rotatable bonds is 3. The number of H-pyrrole nitrogens is 1. The summed E-state index contributed by atoms with van der Waals surface area (Å²) in [6, 6.07) is 2.93. The van der Waals surface area contributed by atoms with Crippen molar-refractivity contribution in [3.63, 3.8) is 0 Å². The summed E-state index contributed by atoms with van der Waals surface area (Å²) >= 11 is 0. The molecule has 0 unspecified atom stereocenters. The summed E-state index contributed by atoms with van der Waals surface area (Å²) in [7, 11) is 0. The maximum absolute atomic E-state index is 13.0. The smallest absolute Gasteiger partial charge is 0.416 e. The van der Waals surface area contributed by atoms with Crippen LogP contribution < -0.4 is 5.56 Å². The summed E-state index contributed by atoms with van der Waals surface area (Å²) in [5.41, 5.74) is -1.79. The molecular formula is C17H12F3N5O3. The van der Waals surface area contributed by atoms with Crippen molar-refractivity contribution >= 4 is 22.6 Å². The topological polar surface area (TPSA) is 94.3 Å². The molecule has 144 valence electrons. The fourth-order valence-corrected chi connectivity index (χ4v) is 2.94. The largest absolute Gasteiger partial charge is 0.461 e. The summed E-state index contributed by atoms with van der Waals surface area (Å²) in [5, 5.41) is 0. The molecule has 0 saturated heterocycles. The van der Waals surface area contributed by atoms with E-state index in [0.29, 0.717) is 0 Å². The van der Waals surface area contributed by atoms with Crippen molar-refractivity contribution in [2.45, 2.75) is 13.1 Å². The van der Waals surface area contributed by atoms with Gasteiger partial charge in [-0.3, -0.25) is 13.8 Å². The first-order valence-electron chi connectivity index (χ1n) is 8.12. The van der Waals surface area contributed by atoms with Crippen LogP contribution in [0.25, 0.3) is 22.5 Å². The van der Waals surface area contributed by atoms with Gasteiger partial charge in [-0.05, 0) is 25.1 Å². The molecule has 0 fully saturated rings. The third kappa shape index (κ3) is 2.71. The number of aromatic nitrogens is 5. The predicted octanol–water partition coefficient (Wildman–Crippen LogP) is 2.56. The first kappa shape index (κ1) is 17.8. The molecule has 0 atom stereocenters. The van der Waals surface area contributed by atoms with Crippen molar-refractivity contribution in [1.29, 1.82) is 0 Å². The van der Waals surface area contributed by atoms with Crippen molar-refractivity contribution in [3.05, 3.63) is 58.5 Å². The van der Waals surface area contributed by atoms with Crippen LogP contribution in [-0.2, 0) is 10.9 Å². The zero-order valence-electron chi connectivity index (χ0n) is 14.3. The number of nitrogens with zero attached hydrogens (tertiary/aromatic N) is 4. The van der Waals surface area contributed by atoms with Gasteiger partial charge in [-0.2, -0.15) is 13.2 Å². The number of nitrogens with one attached hydrogen (secondary N) is 1. The molecule has 0 bridgehead atoms. The molecule has 0 saturated carbocycles. The molecule has 11 heteroatoms. The van der Waals surface area contributed by atoms with Crippen LogP contribution in [-0.4, -0.2) is 36.5 Å². The zero-order chi connectivity index (χ0) is 20.1. The van der Waals surface area contributed by atoms with Crippen LogP contribution in [0, 0.1) is 0 Å². The van der Waals surface area contributed by atoms with Gasteiger partial charge in [-0.1, -0.05) is 0 Å². The van der Waals surface area contributed by atoms with Crippen molar-refractivity contribution in [2.24, 2.45) is 0 Å². The van der Waals surface area contributed by atoms with Gasteiger partial charge in [-0.25, -0.2) is 14.8 Å². The second-order valence-corrected chi connectivity index (χ2v) is 5.82. The Morgan fingerprint density at radius 1 is 1.32 bits per heavy atom. The summed E-state index contributed by atoms with van der Waals surface area (Å²) in [5.74, 6) is -0.629. The minimum absolute atomic E-state index is 0.0542. The number of fused-ring (bicyclic) bond motifs is 3. The number of carbonyl (C=O) groups excluding carboxylic acids is 1. The van der Waals surface area contributed by atoms with E-state index in [9.17, 15) is 22.8 Å². The number of ether oxygens (including phenoxy) is 1. The molecule has 8 nitrogen and oxygen atoms in total.